The molecule has 2 aromatic carbocycles. The van der Waals surface area contributed by atoms with Gasteiger partial charge in [-0.15, -0.1) is 0 Å². The standard InChI is InChI=1S/C23H24N2O5/c1-23(2)20(13-15-9-5-4-6-10-15)25(22(27)29-23)21(26)19-14-17(24-30-19)16-11-7-8-12-18(16)28-3/h4-12,19-20H,13-14H2,1-3H3/t19-,20-/m0/s1. The molecule has 30 heavy (non-hydrogen) atoms. The molecular weight excluding hydrogens is 384 g/mol. The van der Waals surface area contributed by atoms with Crippen molar-refractivity contribution in [2.45, 2.75) is 44.4 Å². The molecule has 2 aliphatic rings. The van der Waals surface area contributed by atoms with Crippen LogP contribution in [-0.4, -0.2) is 47.5 Å². The molecule has 2 atom stereocenters. The van der Waals surface area contributed by atoms with Gasteiger partial charge in [-0.05, 0) is 38.0 Å². The Labute approximate surface area is 175 Å². The van der Waals surface area contributed by atoms with Crippen LogP contribution in [0, 0.1) is 0 Å². The molecule has 0 spiro atoms. The van der Waals surface area contributed by atoms with Crippen LogP contribution in [-0.2, 0) is 20.8 Å². The molecule has 7 nitrogen and oxygen atoms in total. The number of benzene rings is 2. The third kappa shape index (κ3) is 3.63. The highest BCUT2D eigenvalue weighted by Crippen LogP contribution is 2.34. The van der Waals surface area contributed by atoms with Crippen LogP contribution in [0.4, 0.5) is 4.79 Å². The number of imide groups is 1. The fourth-order valence-corrected chi connectivity index (χ4v) is 3.91. The molecule has 2 amide bonds. The first kappa shape index (κ1) is 19.9. The highest BCUT2D eigenvalue weighted by atomic mass is 16.6. The minimum atomic E-state index is -0.885. The summed E-state index contributed by atoms with van der Waals surface area (Å²) in [6.45, 7) is 3.64. The molecule has 2 aromatic rings. The van der Waals surface area contributed by atoms with Crippen molar-refractivity contribution < 1.29 is 23.9 Å². The monoisotopic (exact) mass is 408 g/mol. The molecule has 7 heteroatoms. The van der Waals surface area contributed by atoms with Gasteiger partial charge in [-0.25, -0.2) is 9.69 Å². The van der Waals surface area contributed by atoms with Gasteiger partial charge in [-0.2, -0.15) is 0 Å². The summed E-state index contributed by atoms with van der Waals surface area (Å²) in [4.78, 5) is 32.5. The van der Waals surface area contributed by atoms with E-state index in [-0.39, 0.29) is 6.42 Å². The summed E-state index contributed by atoms with van der Waals surface area (Å²) in [6.07, 6.45) is -0.787. The van der Waals surface area contributed by atoms with Gasteiger partial charge < -0.3 is 14.3 Å². The number of cyclic esters (lactones) is 1. The second kappa shape index (κ2) is 7.82. The molecule has 0 unspecified atom stereocenters. The van der Waals surface area contributed by atoms with Crippen molar-refractivity contribution in [2.75, 3.05) is 7.11 Å². The predicted molar refractivity (Wildman–Crippen MR) is 110 cm³/mol. The average Bonchev–Trinajstić information content (AvgIpc) is 3.31. The third-order valence-corrected chi connectivity index (χ3v) is 5.53. The Morgan fingerprint density at radius 2 is 1.87 bits per heavy atom. The van der Waals surface area contributed by atoms with E-state index in [1.165, 1.54) is 4.90 Å². The van der Waals surface area contributed by atoms with Crippen molar-refractivity contribution in [3.05, 3.63) is 65.7 Å². The molecular formula is C23H24N2O5. The smallest absolute Gasteiger partial charge is 0.417 e. The van der Waals surface area contributed by atoms with Crippen LogP contribution in [0.1, 0.15) is 31.4 Å². The van der Waals surface area contributed by atoms with Gasteiger partial charge in [0, 0.05) is 12.0 Å². The van der Waals surface area contributed by atoms with Gasteiger partial charge in [-0.3, -0.25) is 4.79 Å². The highest BCUT2D eigenvalue weighted by molar-refractivity contribution is 6.07. The highest BCUT2D eigenvalue weighted by Gasteiger charge is 2.52. The number of rotatable bonds is 5. The molecule has 0 aromatic heterocycles. The fraction of sp³-hybridized carbons (Fsp3) is 0.348. The summed E-state index contributed by atoms with van der Waals surface area (Å²) in [5, 5.41) is 4.10. The van der Waals surface area contributed by atoms with Crippen molar-refractivity contribution in [3.8, 4) is 5.75 Å². The maximum absolute atomic E-state index is 13.3. The van der Waals surface area contributed by atoms with Gasteiger partial charge in [0.15, 0.2) is 0 Å². The molecule has 1 fully saturated rings. The second-order valence-corrected chi connectivity index (χ2v) is 7.92. The Kier molecular flexibility index (Phi) is 5.20. The van der Waals surface area contributed by atoms with Crippen LogP contribution < -0.4 is 4.74 Å². The van der Waals surface area contributed by atoms with Crippen LogP contribution in [0.3, 0.4) is 0 Å². The number of hydrogen-bond acceptors (Lipinski definition) is 6. The Morgan fingerprint density at radius 3 is 2.60 bits per heavy atom. The molecule has 0 radical (unpaired) electrons. The van der Waals surface area contributed by atoms with E-state index in [1.807, 2.05) is 68.4 Å². The van der Waals surface area contributed by atoms with E-state index in [0.29, 0.717) is 17.9 Å². The Hall–Kier alpha value is -3.35. The molecule has 2 aliphatic heterocycles. The number of carbonyl (C=O) groups is 2. The maximum atomic E-state index is 13.3. The lowest BCUT2D eigenvalue weighted by Crippen LogP contribution is -2.49. The predicted octanol–water partition coefficient (Wildman–Crippen LogP) is 3.56. The fourth-order valence-electron chi connectivity index (χ4n) is 3.91. The summed E-state index contributed by atoms with van der Waals surface area (Å²) < 4.78 is 10.9. The SMILES string of the molecule is COc1ccccc1C1=NO[C@H](C(=O)N2C(=O)OC(C)(C)[C@@H]2Cc2ccccc2)C1. The van der Waals surface area contributed by atoms with E-state index in [0.717, 1.165) is 11.1 Å². The first-order valence-electron chi connectivity index (χ1n) is 9.87. The summed E-state index contributed by atoms with van der Waals surface area (Å²) in [6, 6.07) is 16.7. The molecule has 4 rings (SSSR count). The third-order valence-electron chi connectivity index (χ3n) is 5.53. The molecule has 156 valence electrons. The van der Waals surface area contributed by atoms with E-state index in [4.69, 9.17) is 14.3 Å². The number of methoxy groups -OCH3 is 1. The second-order valence-electron chi connectivity index (χ2n) is 7.92. The Morgan fingerprint density at radius 1 is 1.17 bits per heavy atom. The van der Waals surface area contributed by atoms with Crippen LogP contribution in [0.2, 0.25) is 0 Å². The van der Waals surface area contributed by atoms with Crippen molar-refractivity contribution in [1.82, 2.24) is 4.90 Å². The molecule has 0 aliphatic carbocycles. The van der Waals surface area contributed by atoms with Gasteiger partial charge in [0.25, 0.3) is 5.91 Å². The largest absolute Gasteiger partial charge is 0.496 e. The van der Waals surface area contributed by atoms with Gasteiger partial charge in [-0.1, -0.05) is 47.6 Å². The number of ether oxygens (including phenoxy) is 2. The number of hydrogen-bond donors (Lipinski definition) is 0. The normalized spacial score (nSPS) is 22.3. The van der Waals surface area contributed by atoms with Crippen molar-refractivity contribution in [2.24, 2.45) is 5.16 Å². The zero-order valence-corrected chi connectivity index (χ0v) is 17.2. The zero-order chi connectivity index (χ0) is 21.3. The number of amides is 2. The van der Waals surface area contributed by atoms with Gasteiger partial charge in [0.05, 0.1) is 18.9 Å². The van der Waals surface area contributed by atoms with E-state index < -0.39 is 29.7 Å². The van der Waals surface area contributed by atoms with E-state index >= 15 is 0 Å². The summed E-state index contributed by atoms with van der Waals surface area (Å²) >= 11 is 0. The molecule has 0 N–H and O–H groups in total. The van der Waals surface area contributed by atoms with Crippen molar-refractivity contribution >= 4 is 17.7 Å². The number of nitrogens with zero attached hydrogens (tertiary/aromatic N) is 2. The first-order valence-corrected chi connectivity index (χ1v) is 9.87. The minimum absolute atomic E-state index is 0.251. The van der Waals surface area contributed by atoms with E-state index in [1.54, 1.807) is 7.11 Å². The number of para-hydroxylation sites is 1. The summed E-state index contributed by atoms with van der Waals surface area (Å²) in [5.41, 5.74) is 1.58. The lowest BCUT2D eigenvalue weighted by Gasteiger charge is -2.28. The quantitative estimate of drug-likeness (QED) is 0.756. The van der Waals surface area contributed by atoms with E-state index in [2.05, 4.69) is 5.16 Å². The molecule has 1 saturated heterocycles. The topological polar surface area (TPSA) is 77.4 Å². The lowest BCUT2D eigenvalue weighted by molar-refractivity contribution is -0.140. The Bertz CT molecular complexity index is 986. The number of oxime groups is 1. The summed E-state index contributed by atoms with van der Waals surface area (Å²) in [7, 11) is 1.58. The zero-order valence-electron chi connectivity index (χ0n) is 17.2. The van der Waals surface area contributed by atoms with Gasteiger partial charge in [0.2, 0.25) is 6.10 Å². The average molecular weight is 408 g/mol. The molecule has 0 bridgehead atoms. The van der Waals surface area contributed by atoms with E-state index in [9.17, 15) is 9.59 Å². The summed E-state index contributed by atoms with van der Waals surface area (Å²) in [5.74, 6) is 0.205. The first-order chi connectivity index (χ1) is 14.4. The maximum Gasteiger partial charge on any atom is 0.417 e. The molecule has 0 saturated carbocycles. The molecule has 2 heterocycles. The van der Waals surface area contributed by atoms with Crippen LogP contribution in [0.15, 0.2) is 59.8 Å². The van der Waals surface area contributed by atoms with Crippen LogP contribution in [0.5, 0.6) is 5.75 Å². The lowest BCUT2D eigenvalue weighted by atomic mass is 9.91. The van der Waals surface area contributed by atoms with Crippen molar-refractivity contribution in [3.63, 3.8) is 0 Å². The Balaban J connectivity index is 1.54. The number of carbonyl (C=O) groups excluding carboxylic acids is 2. The minimum Gasteiger partial charge on any atom is -0.496 e. The van der Waals surface area contributed by atoms with Crippen LogP contribution >= 0.6 is 0 Å². The van der Waals surface area contributed by atoms with Gasteiger partial charge >= 0.3 is 6.09 Å². The van der Waals surface area contributed by atoms with Crippen molar-refractivity contribution in [1.29, 1.82) is 0 Å². The van der Waals surface area contributed by atoms with Crippen LogP contribution in [0.25, 0.3) is 0 Å². The van der Waals surface area contributed by atoms with Gasteiger partial charge in [0.1, 0.15) is 11.4 Å².